The predicted molar refractivity (Wildman–Crippen MR) is 97.6 cm³/mol. The summed E-state index contributed by atoms with van der Waals surface area (Å²) in [5.41, 5.74) is 5.92. The number of hydrazone groups is 1. The zero-order valence-electron chi connectivity index (χ0n) is 13.0. The number of halogens is 1. The third-order valence-electron chi connectivity index (χ3n) is 3.95. The standard InChI is InChI=1S/C16H14ClN5OS/c1-23-10-3-4-13(17)11(6-10)12-5-9-7-18-16(24-2)20-14(9)22-8-19-21-15(12)22/h3-8,15,21H,1-2H3. The highest BCUT2D eigenvalue weighted by Gasteiger charge is 2.33. The quantitative estimate of drug-likeness (QED) is 0.671. The number of hydrogen-bond donors (Lipinski definition) is 1. The predicted octanol–water partition coefficient (Wildman–Crippen LogP) is 3.09. The lowest BCUT2D eigenvalue weighted by molar-refractivity contribution is 0.414. The number of nitrogens with zero attached hydrogens (tertiary/aromatic N) is 4. The van der Waals surface area contributed by atoms with Gasteiger partial charge in [-0.2, -0.15) is 5.10 Å². The molecule has 8 heteroatoms. The lowest BCUT2D eigenvalue weighted by Crippen LogP contribution is -2.40. The first-order chi connectivity index (χ1) is 11.7. The van der Waals surface area contributed by atoms with Gasteiger partial charge < -0.3 is 4.74 Å². The van der Waals surface area contributed by atoms with Crippen LogP contribution in [0.5, 0.6) is 5.75 Å². The maximum atomic E-state index is 6.43. The van der Waals surface area contributed by atoms with Crippen molar-refractivity contribution in [3.63, 3.8) is 0 Å². The van der Waals surface area contributed by atoms with Gasteiger partial charge in [0.2, 0.25) is 0 Å². The van der Waals surface area contributed by atoms with Crippen molar-refractivity contribution in [2.45, 2.75) is 11.3 Å². The fourth-order valence-corrected chi connectivity index (χ4v) is 3.35. The van der Waals surface area contributed by atoms with E-state index in [9.17, 15) is 0 Å². The van der Waals surface area contributed by atoms with Crippen LogP contribution in [-0.4, -0.2) is 35.8 Å². The number of aromatic nitrogens is 2. The zero-order chi connectivity index (χ0) is 16.7. The van der Waals surface area contributed by atoms with Gasteiger partial charge in [0, 0.05) is 27.9 Å². The molecular weight excluding hydrogens is 346 g/mol. The topological polar surface area (TPSA) is 62.6 Å². The second-order valence-electron chi connectivity index (χ2n) is 5.26. The molecule has 6 nitrogen and oxygen atoms in total. The Morgan fingerprint density at radius 2 is 2.25 bits per heavy atom. The Morgan fingerprint density at radius 3 is 3.04 bits per heavy atom. The van der Waals surface area contributed by atoms with Gasteiger partial charge in [-0.15, -0.1) is 0 Å². The average Bonchev–Trinajstić information content (AvgIpc) is 3.11. The molecule has 1 atom stereocenters. The molecule has 2 aromatic rings. The minimum Gasteiger partial charge on any atom is -0.497 e. The highest BCUT2D eigenvalue weighted by molar-refractivity contribution is 7.98. The summed E-state index contributed by atoms with van der Waals surface area (Å²) < 4.78 is 5.33. The highest BCUT2D eigenvalue weighted by Crippen LogP contribution is 2.39. The van der Waals surface area contributed by atoms with Gasteiger partial charge in [0.25, 0.3) is 0 Å². The monoisotopic (exact) mass is 359 g/mol. The maximum Gasteiger partial charge on any atom is 0.189 e. The first kappa shape index (κ1) is 15.3. The van der Waals surface area contributed by atoms with E-state index < -0.39 is 0 Å². The summed E-state index contributed by atoms with van der Waals surface area (Å²) in [6.45, 7) is 0. The number of hydrogen-bond acceptors (Lipinski definition) is 7. The van der Waals surface area contributed by atoms with Gasteiger partial charge in [0.1, 0.15) is 24.1 Å². The van der Waals surface area contributed by atoms with Crippen molar-refractivity contribution in [2.75, 3.05) is 18.3 Å². The molecule has 0 aliphatic carbocycles. The first-order valence-electron chi connectivity index (χ1n) is 7.25. The van der Waals surface area contributed by atoms with Crippen LogP contribution in [-0.2, 0) is 0 Å². The maximum absolute atomic E-state index is 6.43. The fourth-order valence-electron chi connectivity index (χ4n) is 2.79. The van der Waals surface area contributed by atoms with Crippen molar-refractivity contribution in [3.8, 4) is 5.75 Å². The molecule has 1 aromatic heterocycles. The van der Waals surface area contributed by atoms with Crippen LogP contribution in [0.1, 0.15) is 11.1 Å². The van der Waals surface area contributed by atoms with Crippen molar-refractivity contribution in [1.29, 1.82) is 0 Å². The van der Waals surface area contributed by atoms with E-state index in [4.69, 9.17) is 16.3 Å². The third kappa shape index (κ3) is 2.40. The van der Waals surface area contributed by atoms with E-state index in [-0.39, 0.29) is 6.17 Å². The molecule has 24 heavy (non-hydrogen) atoms. The molecule has 3 heterocycles. The Hall–Kier alpha value is -2.25. The van der Waals surface area contributed by atoms with Crippen LogP contribution in [0, 0.1) is 0 Å². The normalized spacial score (nSPS) is 17.9. The van der Waals surface area contributed by atoms with Crippen molar-refractivity contribution in [1.82, 2.24) is 15.4 Å². The van der Waals surface area contributed by atoms with E-state index in [0.717, 1.165) is 33.4 Å². The van der Waals surface area contributed by atoms with E-state index in [1.165, 1.54) is 11.8 Å². The molecule has 1 N–H and O–H groups in total. The number of nitrogens with one attached hydrogen (secondary N) is 1. The average molecular weight is 360 g/mol. The Labute approximate surface area is 148 Å². The minimum absolute atomic E-state index is 0.160. The second kappa shape index (κ2) is 5.99. The molecule has 0 amide bonds. The molecule has 0 spiro atoms. The van der Waals surface area contributed by atoms with Crippen molar-refractivity contribution in [2.24, 2.45) is 5.10 Å². The summed E-state index contributed by atoms with van der Waals surface area (Å²) in [6.07, 6.45) is 7.40. The SMILES string of the molecule is COc1ccc(Cl)c(C2=Cc3cnc(SC)nc3N3C=NNC23)c1. The second-order valence-corrected chi connectivity index (χ2v) is 6.45. The number of fused-ring (bicyclic) bond motifs is 3. The highest BCUT2D eigenvalue weighted by atomic mass is 35.5. The van der Waals surface area contributed by atoms with E-state index in [1.807, 2.05) is 41.6 Å². The summed E-state index contributed by atoms with van der Waals surface area (Å²) in [5, 5.41) is 5.58. The smallest absolute Gasteiger partial charge is 0.189 e. The summed E-state index contributed by atoms with van der Waals surface area (Å²) in [6, 6.07) is 5.60. The van der Waals surface area contributed by atoms with Gasteiger partial charge in [0.15, 0.2) is 5.16 Å². The van der Waals surface area contributed by atoms with Crippen molar-refractivity contribution >= 4 is 47.2 Å². The molecule has 0 radical (unpaired) electrons. The van der Waals surface area contributed by atoms with E-state index >= 15 is 0 Å². The van der Waals surface area contributed by atoms with Crippen LogP contribution >= 0.6 is 23.4 Å². The van der Waals surface area contributed by atoms with E-state index in [1.54, 1.807) is 13.4 Å². The van der Waals surface area contributed by atoms with Crippen LogP contribution in [0.15, 0.2) is 34.7 Å². The van der Waals surface area contributed by atoms with Gasteiger partial charge in [-0.3, -0.25) is 10.3 Å². The van der Waals surface area contributed by atoms with Gasteiger partial charge >= 0.3 is 0 Å². The van der Waals surface area contributed by atoms with Gasteiger partial charge in [-0.1, -0.05) is 23.4 Å². The molecular formula is C16H14ClN5OS. The summed E-state index contributed by atoms with van der Waals surface area (Å²) in [4.78, 5) is 11.0. The minimum atomic E-state index is -0.160. The van der Waals surface area contributed by atoms with E-state index in [0.29, 0.717) is 5.02 Å². The molecule has 0 saturated heterocycles. The van der Waals surface area contributed by atoms with Gasteiger partial charge in [-0.25, -0.2) is 9.97 Å². The Morgan fingerprint density at radius 1 is 1.38 bits per heavy atom. The first-order valence-corrected chi connectivity index (χ1v) is 8.85. The number of rotatable bonds is 3. The van der Waals surface area contributed by atoms with Crippen LogP contribution < -0.4 is 15.1 Å². The number of methoxy groups -OCH3 is 1. The van der Waals surface area contributed by atoms with Crippen molar-refractivity contribution < 1.29 is 4.74 Å². The molecule has 4 rings (SSSR count). The van der Waals surface area contributed by atoms with Crippen LogP contribution in [0.2, 0.25) is 5.02 Å². The van der Waals surface area contributed by atoms with E-state index in [2.05, 4.69) is 20.5 Å². The van der Waals surface area contributed by atoms with Crippen LogP contribution in [0.4, 0.5) is 5.82 Å². The molecule has 0 bridgehead atoms. The molecule has 122 valence electrons. The Bertz CT molecular complexity index is 870. The third-order valence-corrected chi connectivity index (χ3v) is 4.84. The van der Waals surface area contributed by atoms with Crippen molar-refractivity contribution in [3.05, 3.63) is 40.5 Å². The zero-order valence-corrected chi connectivity index (χ0v) is 14.6. The van der Waals surface area contributed by atoms with Crippen LogP contribution in [0.25, 0.3) is 11.6 Å². The summed E-state index contributed by atoms with van der Waals surface area (Å²) in [7, 11) is 1.64. The number of anilines is 1. The lowest BCUT2D eigenvalue weighted by Gasteiger charge is -2.31. The summed E-state index contributed by atoms with van der Waals surface area (Å²) >= 11 is 7.94. The molecule has 1 aromatic carbocycles. The Balaban J connectivity index is 1.88. The lowest BCUT2D eigenvalue weighted by atomic mass is 9.97. The number of thioether (sulfide) groups is 1. The fraction of sp³-hybridized carbons (Fsp3) is 0.188. The largest absolute Gasteiger partial charge is 0.497 e. The molecule has 0 saturated carbocycles. The van der Waals surface area contributed by atoms with Crippen LogP contribution in [0.3, 0.4) is 0 Å². The van der Waals surface area contributed by atoms with Gasteiger partial charge in [0.05, 0.1) is 7.11 Å². The molecule has 2 aliphatic heterocycles. The molecule has 1 unspecified atom stereocenters. The Kier molecular flexibility index (Phi) is 3.82. The molecule has 2 aliphatic rings. The molecule has 0 fully saturated rings. The number of benzene rings is 1. The van der Waals surface area contributed by atoms with Gasteiger partial charge in [-0.05, 0) is 30.5 Å². The number of ether oxygens (including phenoxy) is 1. The summed E-state index contributed by atoms with van der Waals surface area (Å²) in [5.74, 6) is 1.58.